The number of thiazole rings is 1. The van der Waals surface area contributed by atoms with E-state index in [0.29, 0.717) is 30.8 Å². The zero-order chi connectivity index (χ0) is 19.1. The van der Waals surface area contributed by atoms with E-state index in [2.05, 4.69) is 11.6 Å². The van der Waals surface area contributed by atoms with Gasteiger partial charge in [-0.05, 0) is 23.6 Å². The molecular formula is C22H21FN2OS. The van der Waals surface area contributed by atoms with Crippen LogP contribution in [0.5, 0.6) is 0 Å². The Morgan fingerprint density at radius 3 is 2.63 bits per heavy atom. The maximum Gasteiger partial charge on any atom is 0.273 e. The maximum atomic E-state index is 13.8. The summed E-state index contributed by atoms with van der Waals surface area (Å²) in [6, 6.07) is 16.7. The van der Waals surface area contributed by atoms with Gasteiger partial charge in [0.2, 0.25) is 0 Å². The predicted molar refractivity (Wildman–Crippen MR) is 108 cm³/mol. The molecular weight excluding hydrogens is 359 g/mol. The Labute approximate surface area is 162 Å². The Bertz CT molecular complexity index is 907. The third kappa shape index (κ3) is 5.11. The largest absolute Gasteiger partial charge is 0.333 e. The van der Waals surface area contributed by atoms with Crippen molar-refractivity contribution in [2.45, 2.75) is 12.8 Å². The molecule has 138 valence electrons. The second-order valence-electron chi connectivity index (χ2n) is 6.17. The van der Waals surface area contributed by atoms with Crippen molar-refractivity contribution in [2.24, 2.45) is 0 Å². The van der Waals surface area contributed by atoms with Crippen LogP contribution in [0.25, 0.3) is 0 Å². The van der Waals surface area contributed by atoms with Crippen LogP contribution in [0.2, 0.25) is 0 Å². The van der Waals surface area contributed by atoms with Gasteiger partial charge >= 0.3 is 0 Å². The van der Waals surface area contributed by atoms with Crippen molar-refractivity contribution in [3.05, 3.63) is 100 Å². The van der Waals surface area contributed by atoms with Gasteiger partial charge in [-0.15, -0.1) is 17.9 Å². The average molecular weight is 380 g/mol. The molecule has 0 radical (unpaired) electrons. The number of aromatic nitrogens is 1. The molecule has 0 atom stereocenters. The topological polar surface area (TPSA) is 33.2 Å². The van der Waals surface area contributed by atoms with Gasteiger partial charge in [0.05, 0.1) is 5.01 Å². The maximum absolute atomic E-state index is 13.8. The molecule has 0 saturated heterocycles. The summed E-state index contributed by atoms with van der Waals surface area (Å²) in [5.41, 5.74) is 2.16. The SMILES string of the molecule is C=CCN(CCc1ccccc1)C(=O)c1csc(Cc2ccccc2F)n1. The quantitative estimate of drug-likeness (QED) is 0.529. The molecule has 0 unspecified atom stereocenters. The molecule has 5 heteroatoms. The fourth-order valence-corrected chi connectivity index (χ4v) is 3.59. The number of nitrogens with zero attached hydrogens (tertiary/aromatic N) is 2. The molecule has 0 aliphatic carbocycles. The fourth-order valence-electron chi connectivity index (χ4n) is 2.80. The number of halogens is 1. The molecule has 3 nitrogen and oxygen atoms in total. The van der Waals surface area contributed by atoms with E-state index in [1.54, 1.807) is 34.6 Å². The van der Waals surface area contributed by atoms with Crippen molar-refractivity contribution in [3.8, 4) is 0 Å². The number of hydrogen-bond acceptors (Lipinski definition) is 3. The van der Waals surface area contributed by atoms with Crippen LogP contribution in [0, 0.1) is 5.82 Å². The van der Waals surface area contributed by atoms with Crippen LogP contribution in [-0.2, 0) is 12.8 Å². The number of rotatable bonds is 8. The van der Waals surface area contributed by atoms with Gasteiger partial charge in [0.25, 0.3) is 5.91 Å². The Morgan fingerprint density at radius 2 is 1.89 bits per heavy atom. The lowest BCUT2D eigenvalue weighted by molar-refractivity contribution is 0.0770. The van der Waals surface area contributed by atoms with Crippen LogP contribution in [-0.4, -0.2) is 28.9 Å². The molecule has 1 amide bonds. The van der Waals surface area contributed by atoms with Crippen LogP contribution in [0.4, 0.5) is 4.39 Å². The van der Waals surface area contributed by atoms with E-state index in [1.165, 1.54) is 23.0 Å². The number of carbonyl (C=O) groups excluding carboxylic acids is 1. The Morgan fingerprint density at radius 1 is 1.15 bits per heavy atom. The van der Waals surface area contributed by atoms with Gasteiger partial charge in [-0.3, -0.25) is 4.79 Å². The zero-order valence-corrected chi connectivity index (χ0v) is 15.8. The number of benzene rings is 2. The highest BCUT2D eigenvalue weighted by Crippen LogP contribution is 2.18. The van der Waals surface area contributed by atoms with Gasteiger partial charge in [-0.2, -0.15) is 0 Å². The third-order valence-electron chi connectivity index (χ3n) is 4.22. The van der Waals surface area contributed by atoms with Crippen molar-refractivity contribution in [3.63, 3.8) is 0 Å². The monoisotopic (exact) mass is 380 g/mol. The Hall–Kier alpha value is -2.79. The van der Waals surface area contributed by atoms with Gasteiger partial charge in [0.1, 0.15) is 11.5 Å². The highest BCUT2D eigenvalue weighted by Gasteiger charge is 2.18. The molecule has 3 rings (SSSR count). The van der Waals surface area contributed by atoms with Crippen molar-refractivity contribution in [1.29, 1.82) is 0 Å². The third-order valence-corrected chi connectivity index (χ3v) is 5.07. The van der Waals surface area contributed by atoms with Crippen LogP contribution in [0.15, 0.2) is 72.6 Å². The second-order valence-corrected chi connectivity index (χ2v) is 7.11. The summed E-state index contributed by atoms with van der Waals surface area (Å²) in [7, 11) is 0. The summed E-state index contributed by atoms with van der Waals surface area (Å²) in [5.74, 6) is -0.376. The van der Waals surface area contributed by atoms with Crippen molar-refractivity contribution >= 4 is 17.2 Å². The van der Waals surface area contributed by atoms with E-state index in [1.807, 2.05) is 30.3 Å². The molecule has 0 aliphatic rings. The Kier molecular flexibility index (Phi) is 6.49. The van der Waals surface area contributed by atoms with E-state index in [0.717, 1.165) is 11.4 Å². The van der Waals surface area contributed by atoms with E-state index in [-0.39, 0.29) is 11.7 Å². The summed E-state index contributed by atoms with van der Waals surface area (Å²) in [6.07, 6.45) is 2.87. The molecule has 0 aliphatic heterocycles. The van der Waals surface area contributed by atoms with Crippen molar-refractivity contribution < 1.29 is 9.18 Å². The normalized spacial score (nSPS) is 10.6. The molecule has 0 N–H and O–H groups in total. The predicted octanol–water partition coefficient (Wildman–Crippen LogP) is 4.74. The van der Waals surface area contributed by atoms with Crippen LogP contribution in [0.3, 0.4) is 0 Å². The lowest BCUT2D eigenvalue weighted by Gasteiger charge is -2.20. The zero-order valence-electron chi connectivity index (χ0n) is 15.0. The second kappa shape index (κ2) is 9.24. The van der Waals surface area contributed by atoms with Crippen LogP contribution >= 0.6 is 11.3 Å². The number of carbonyl (C=O) groups is 1. The molecule has 0 spiro atoms. The molecule has 1 aromatic heterocycles. The molecule has 0 bridgehead atoms. The van der Waals surface area contributed by atoms with Gasteiger partial charge < -0.3 is 4.90 Å². The summed E-state index contributed by atoms with van der Waals surface area (Å²) in [4.78, 5) is 19.0. The lowest BCUT2D eigenvalue weighted by Crippen LogP contribution is -2.33. The lowest BCUT2D eigenvalue weighted by atomic mass is 10.1. The van der Waals surface area contributed by atoms with Crippen LogP contribution < -0.4 is 0 Å². The molecule has 0 saturated carbocycles. The first kappa shape index (κ1) is 19.0. The van der Waals surface area contributed by atoms with Gasteiger partial charge in [0, 0.05) is 24.9 Å². The minimum atomic E-state index is -0.253. The minimum Gasteiger partial charge on any atom is -0.333 e. The summed E-state index contributed by atoms with van der Waals surface area (Å²) in [5, 5.41) is 2.47. The molecule has 2 aromatic carbocycles. The molecule has 1 heterocycles. The van der Waals surface area contributed by atoms with Crippen molar-refractivity contribution in [1.82, 2.24) is 9.88 Å². The number of hydrogen-bond donors (Lipinski definition) is 0. The van der Waals surface area contributed by atoms with Gasteiger partial charge in [0.15, 0.2) is 0 Å². The fraction of sp³-hybridized carbons (Fsp3) is 0.182. The first-order valence-corrected chi connectivity index (χ1v) is 9.67. The van der Waals surface area contributed by atoms with Gasteiger partial charge in [-0.25, -0.2) is 9.37 Å². The van der Waals surface area contributed by atoms with E-state index in [9.17, 15) is 9.18 Å². The first-order valence-electron chi connectivity index (χ1n) is 8.79. The minimum absolute atomic E-state index is 0.123. The highest BCUT2D eigenvalue weighted by atomic mass is 32.1. The number of amides is 1. The summed E-state index contributed by atoms with van der Waals surface area (Å²) in [6.45, 7) is 4.81. The van der Waals surface area contributed by atoms with Crippen molar-refractivity contribution in [2.75, 3.05) is 13.1 Å². The molecule has 3 aromatic rings. The Balaban J connectivity index is 1.68. The van der Waals surface area contributed by atoms with Crippen LogP contribution in [0.1, 0.15) is 26.6 Å². The standard InChI is InChI=1S/C22H21FN2OS/c1-2-13-25(14-12-17-8-4-3-5-9-17)22(26)20-16-27-21(24-20)15-18-10-6-7-11-19(18)23/h2-11,16H,1,12-15H2. The smallest absolute Gasteiger partial charge is 0.273 e. The van der Waals surface area contributed by atoms with Gasteiger partial charge in [-0.1, -0.05) is 54.6 Å². The molecule has 0 fully saturated rings. The highest BCUT2D eigenvalue weighted by molar-refractivity contribution is 7.09. The van der Waals surface area contributed by atoms with E-state index < -0.39 is 0 Å². The van der Waals surface area contributed by atoms with E-state index in [4.69, 9.17) is 0 Å². The van der Waals surface area contributed by atoms with E-state index >= 15 is 0 Å². The molecule has 27 heavy (non-hydrogen) atoms. The first-order chi connectivity index (χ1) is 13.2. The average Bonchev–Trinajstić information content (AvgIpc) is 3.16. The summed E-state index contributed by atoms with van der Waals surface area (Å²) < 4.78 is 13.8. The summed E-state index contributed by atoms with van der Waals surface area (Å²) >= 11 is 1.38.